The number of nitro benzene ring substituents is 1. The van der Waals surface area contributed by atoms with Crippen LogP contribution in [0.15, 0.2) is 36.4 Å². The lowest BCUT2D eigenvalue weighted by molar-refractivity contribution is -0.385. The van der Waals surface area contributed by atoms with E-state index in [1.54, 1.807) is 30.0 Å². The van der Waals surface area contributed by atoms with Gasteiger partial charge in [0, 0.05) is 24.7 Å². The molecule has 2 aromatic rings. The second kappa shape index (κ2) is 7.45. The second-order valence-electron chi connectivity index (χ2n) is 6.14. The highest BCUT2D eigenvalue weighted by atomic mass is 16.6. The van der Waals surface area contributed by atoms with Gasteiger partial charge >= 0.3 is 11.7 Å². The predicted molar refractivity (Wildman–Crippen MR) is 96.1 cm³/mol. The molecular weight excluding hydrogens is 352 g/mol. The SMILES string of the molecule is CCOc1ccc(C(=O)N2CCc3ccc(C(=O)O)cc3C2)cc1[N+](=O)[O-]. The Morgan fingerprint density at radius 3 is 2.59 bits per heavy atom. The van der Waals surface area contributed by atoms with Crippen molar-refractivity contribution in [3.05, 3.63) is 68.8 Å². The molecule has 0 saturated heterocycles. The first kappa shape index (κ1) is 18.4. The first-order valence-corrected chi connectivity index (χ1v) is 8.46. The van der Waals surface area contributed by atoms with Crippen molar-refractivity contribution >= 4 is 17.6 Å². The minimum absolute atomic E-state index is 0.120. The number of nitrogens with zero attached hydrogens (tertiary/aromatic N) is 2. The van der Waals surface area contributed by atoms with Gasteiger partial charge in [-0.2, -0.15) is 0 Å². The molecule has 1 N–H and O–H groups in total. The number of ether oxygens (including phenoxy) is 1. The lowest BCUT2D eigenvalue weighted by Crippen LogP contribution is -2.36. The van der Waals surface area contributed by atoms with Crippen LogP contribution in [-0.4, -0.2) is 40.0 Å². The number of carbonyl (C=O) groups excluding carboxylic acids is 1. The molecule has 0 bridgehead atoms. The fourth-order valence-electron chi connectivity index (χ4n) is 3.12. The number of hydrogen-bond donors (Lipinski definition) is 1. The molecule has 0 fully saturated rings. The van der Waals surface area contributed by atoms with Gasteiger partial charge < -0.3 is 14.7 Å². The summed E-state index contributed by atoms with van der Waals surface area (Å²) in [5.41, 5.74) is 1.88. The molecule has 0 saturated carbocycles. The molecular formula is C19H18N2O6. The van der Waals surface area contributed by atoms with Crippen molar-refractivity contribution in [2.45, 2.75) is 19.9 Å². The fraction of sp³-hybridized carbons (Fsp3) is 0.263. The Kier molecular flexibility index (Phi) is 5.07. The topological polar surface area (TPSA) is 110 Å². The smallest absolute Gasteiger partial charge is 0.335 e. The van der Waals surface area contributed by atoms with Crippen LogP contribution < -0.4 is 4.74 Å². The molecule has 0 aromatic heterocycles. The van der Waals surface area contributed by atoms with E-state index >= 15 is 0 Å². The summed E-state index contributed by atoms with van der Waals surface area (Å²) in [6, 6.07) is 9.03. The molecule has 1 amide bonds. The van der Waals surface area contributed by atoms with Crippen molar-refractivity contribution in [3.63, 3.8) is 0 Å². The zero-order valence-corrected chi connectivity index (χ0v) is 14.7. The van der Waals surface area contributed by atoms with Crippen LogP contribution in [0, 0.1) is 10.1 Å². The zero-order valence-electron chi connectivity index (χ0n) is 14.7. The van der Waals surface area contributed by atoms with Crippen LogP contribution in [0.2, 0.25) is 0 Å². The van der Waals surface area contributed by atoms with Crippen LogP contribution in [-0.2, 0) is 13.0 Å². The number of carboxylic acid groups (broad SMARTS) is 1. The third-order valence-corrected chi connectivity index (χ3v) is 4.46. The Morgan fingerprint density at radius 2 is 1.93 bits per heavy atom. The van der Waals surface area contributed by atoms with Crippen LogP contribution in [0.1, 0.15) is 38.8 Å². The first-order valence-electron chi connectivity index (χ1n) is 8.46. The number of fused-ring (bicyclic) bond motifs is 1. The zero-order chi connectivity index (χ0) is 19.6. The van der Waals surface area contributed by atoms with Crippen molar-refractivity contribution in [1.29, 1.82) is 0 Å². The number of amides is 1. The van der Waals surface area contributed by atoms with Crippen molar-refractivity contribution in [2.24, 2.45) is 0 Å². The van der Waals surface area contributed by atoms with Gasteiger partial charge in [-0.3, -0.25) is 14.9 Å². The van der Waals surface area contributed by atoms with Crippen LogP contribution in [0.3, 0.4) is 0 Å². The average Bonchev–Trinajstić information content (AvgIpc) is 2.66. The van der Waals surface area contributed by atoms with Crippen molar-refractivity contribution in [3.8, 4) is 5.75 Å². The highest BCUT2D eigenvalue weighted by Gasteiger charge is 2.25. The number of carboxylic acids is 1. The third kappa shape index (κ3) is 3.74. The maximum Gasteiger partial charge on any atom is 0.335 e. The number of carbonyl (C=O) groups is 2. The summed E-state index contributed by atoms with van der Waals surface area (Å²) in [5.74, 6) is -1.25. The Bertz CT molecular complexity index is 924. The highest BCUT2D eigenvalue weighted by molar-refractivity contribution is 5.95. The summed E-state index contributed by atoms with van der Waals surface area (Å²) in [7, 11) is 0. The van der Waals surface area contributed by atoms with Gasteiger partial charge in [0.2, 0.25) is 0 Å². The van der Waals surface area contributed by atoms with Crippen LogP contribution in [0.25, 0.3) is 0 Å². The van der Waals surface area contributed by atoms with Crippen LogP contribution in [0.4, 0.5) is 5.69 Å². The van der Waals surface area contributed by atoms with Crippen molar-refractivity contribution < 1.29 is 24.4 Å². The van der Waals surface area contributed by atoms with Gasteiger partial charge in [-0.25, -0.2) is 4.79 Å². The molecule has 2 aromatic carbocycles. The van der Waals surface area contributed by atoms with Crippen molar-refractivity contribution in [1.82, 2.24) is 4.90 Å². The number of nitro groups is 1. The summed E-state index contributed by atoms with van der Waals surface area (Å²) in [4.78, 5) is 36.2. The standard InChI is InChI=1S/C19H18N2O6/c1-2-27-17-6-5-13(10-16(17)21(25)26)18(22)20-8-7-12-3-4-14(19(23)24)9-15(12)11-20/h3-6,9-10H,2,7-8,11H2,1H3,(H,23,24). The Hall–Kier alpha value is -3.42. The van der Waals surface area contributed by atoms with E-state index in [0.29, 0.717) is 13.0 Å². The first-order chi connectivity index (χ1) is 12.9. The molecule has 0 atom stereocenters. The van der Waals surface area contributed by atoms with Gasteiger partial charge in [-0.05, 0) is 48.7 Å². The minimum Gasteiger partial charge on any atom is -0.487 e. The van der Waals surface area contributed by atoms with Gasteiger partial charge in [0.1, 0.15) is 0 Å². The third-order valence-electron chi connectivity index (χ3n) is 4.46. The summed E-state index contributed by atoms with van der Waals surface area (Å²) < 4.78 is 5.24. The largest absolute Gasteiger partial charge is 0.487 e. The van der Waals surface area contributed by atoms with Gasteiger partial charge in [-0.1, -0.05) is 6.07 Å². The van der Waals surface area contributed by atoms with Gasteiger partial charge in [-0.15, -0.1) is 0 Å². The van der Waals surface area contributed by atoms with E-state index in [1.165, 1.54) is 18.2 Å². The molecule has 1 aliphatic heterocycles. The van der Waals surface area contributed by atoms with Crippen LogP contribution >= 0.6 is 0 Å². The molecule has 8 nitrogen and oxygen atoms in total. The maximum atomic E-state index is 12.8. The van der Waals surface area contributed by atoms with E-state index in [4.69, 9.17) is 9.84 Å². The van der Waals surface area contributed by atoms with E-state index in [9.17, 15) is 19.7 Å². The summed E-state index contributed by atoms with van der Waals surface area (Å²) in [5, 5.41) is 20.4. The number of benzene rings is 2. The molecule has 1 aliphatic rings. The number of hydrogen-bond acceptors (Lipinski definition) is 5. The molecule has 27 heavy (non-hydrogen) atoms. The Balaban J connectivity index is 1.86. The second-order valence-corrected chi connectivity index (χ2v) is 6.14. The van der Waals surface area contributed by atoms with Crippen LogP contribution in [0.5, 0.6) is 5.75 Å². The summed E-state index contributed by atoms with van der Waals surface area (Å²) >= 11 is 0. The highest BCUT2D eigenvalue weighted by Crippen LogP contribution is 2.29. The minimum atomic E-state index is -1.02. The van der Waals surface area contributed by atoms with E-state index < -0.39 is 10.9 Å². The van der Waals surface area contributed by atoms with Crippen molar-refractivity contribution in [2.75, 3.05) is 13.2 Å². The Morgan fingerprint density at radius 1 is 1.19 bits per heavy atom. The van der Waals surface area contributed by atoms with Gasteiger partial charge in [0.25, 0.3) is 5.91 Å². The fourth-order valence-corrected chi connectivity index (χ4v) is 3.12. The molecule has 0 radical (unpaired) electrons. The summed E-state index contributed by atoms with van der Waals surface area (Å²) in [6.07, 6.45) is 0.597. The van der Waals surface area contributed by atoms with Gasteiger partial charge in [0.05, 0.1) is 17.1 Å². The molecule has 0 unspecified atom stereocenters. The molecule has 3 rings (SSSR count). The lowest BCUT2D eigenvalue weighted by Gasteiger charge is -2.29. The molecule has 0 spiro atoms. The quantitative estimate of drug-likeness (QED) is 0.640. The molecule has 140 valence electrons. The lowest BCUT2D eigenvalue weighted by atomic mass is 9.97. The number of aromatic carboxylic acids is 1. The average molecular weight is 370 g/mol. The number of rotatable bonds is 5. The summed E-state index contributed by atoms with van der Waals surface area (Å²) in [6.45, 7) is 2.72. The molecule has 1 heterocycles. The monoisotopic (exact) mass is 370 g/mol. The van der Waals surface area contributed by atoms with E-state index in [0.717, 1.165) is 11.1 Å². The predicted octanol–water partition coefficient (Wildman–Crippen LogP) is 2.89. The molecule has 0 aliphatic carbocycles. The van der Waals surface area contributed by atoms with E-state index in [-0.39, 0.29) is 41.6 Å². The van der Waals surface area contributed by atoms with E-state index in [1.807, 2.05) is 0 Å². The normalized spacial score (nSPS) is 13.0. The van der Waals surface area contributed by atoms with Gasteiger partial charge in [0.15, 0.2) is 5.75 Å². The van der Waals surface area contributed by atoms with E-state index in [2.05, 4.69) is 0 Å². The maximum absolute atomic E-state index is 12.8. The molecule has 8 heteroatoms. The Labute approximate surface area is 155 Å².